The third-order valence-corrected chi connectivity index (χ3v) is 7.22. The van der Waals surface area contributed by atoms with Gasteiger partial charge < -0.3 is 21.5 Å². The van der Waals surface area contributed by atoms with Crippen molar-refractivity contribution in [3.05, 3.63) is 53.1 Å². The molecule has 5 heteroatoms. The molecule has 1 amide bonds. The van der Waals surface area contributed by atoms with Crippen LogP contribution >= 0.6 is 0 Å². The molecule has 0 spiro atoms. The average Bonchev–Trinajstić information content (AvgIpc) is 2.70. The van der Waals surface area contributed by atoms with Crippen LogP contribution in [0.15, 0.2) is 36.4 Å². The lowest BCUT2D eigenvalue weighted by Gasteiger charge is -2.56. The molecule has 0 radical (unpaired) electrons. The molecule has 2 aromatic rings. The van der Waals surface area contributed by atoms with E-state index in [1.54, 1.807) is 12.1 Å². The van der Waals surface area contributed by atoms with Gasteiger partial charge in [0, 0.05) is 11.5 Å². The summed E-state index contributed by atoms with van der Waals surface area (Å²) in [7, 11) is 0. The number of nitrogens with two attached hydrogens (primary N) is 1. The van der Waals surface area contributed by atoms with Crippen molar-refractivity contribution in [1.29, 1.82) is 0 Å². The number of nitrogens with one attached hydrogen (secondary N) is 2. The lowest BCUT2D eigenvalue weighted by molar-refractivity contribution is 0.0796. The van der Waals surface area contributed by atoms with Crippen LogP contribution in [0.3, 0.4) is 0 Å². The van der Waals surface area contributed by atoms with Crippen LogP contribution < -0.4 is 16.4 Å². The molecular formula is C23H27N3O2. The second kappa shape index (κ2) is 6.52. The standard InChI is InChI=1S/C23H27N3O2/c24-22(28)15-5-1-2-7-18(15)26-20-12-14-11-19-16-6-3-4-8-23(16,9-10-25-19)17(14)13-21(20)27/h1-2,5,7,12-13,16,19,25-27H,3-4,6,8-11H2,(H2,24,28)/t16-,19+,23+/m1/s1. The van der Waals surface area contributed by atoms with Gasteiger partial charge >= 0.3 is 0 Å². The summed E-state index contributed by atoms with van der Waals surface area (Å²) in [5, 5.41) is 17.8. The summed E-state index contributed by atoms with van der Waals surface area (Å²) in [5.74, 6) is 0.438. The Morgan fingerprint density at radius 2 is 2.04 bits per heavy atom. The molecule has 5 N–H and O–H groups in total. The summed E-state index contributed by atoms with van der Waals surface area (Å²) in [5.41, 5.74) is 10.0. The molecule has 1 aliphatic heterocycles. The quantitative estimate of drug-likeness (QED) is 0.616. The van der Waals surface area contributed by atoms with E-state index in [0.717, 1.165) is 19.4 Å². The van der Waals surface area contributed by atoms with Crippen molar-refractivity contribution in [2.24, 2.45) is 11.7 Å². The summed E-state index contributed by atoms with van der Waals surface area (Å²) in [6, 6.07) is 11.7. The van der Waals surface area contributed by atoms with Crippen molar-refractivity contribution >= 4 is 17.3 Å². The minimum absolute atomic E-state index is 0.211. The van der Waals surface area contributed by atoms with Crippen molar-refractivity contribution < 1.29 is 9.90 Å². The van der Waals surface area contributed by atoms with E-state index >= 15 is 0 Å². The molecule has 5 rings (SSSR count). The van der Waals surface area contributed by atoms with Gasteiger partial charge in [0.2, 0.25) is 0 Å². The van der Waals surface area contributed by atoms with Crippen LogP contribution in [0.2, 0.25) is 0 Å². The minimum Gasteiger partial charge on any atom is -0.506 e. The van der Waals surface area contributed by atoms with Gasteiger partial charge in [0.15, 0.2) is 0 Å². The molecule has 28 heavy (non-hydrogen) atoms. The zero-order valence-corrected chi connectivity index (χ0v) is 16.0. The predicted octanol–water partition coefficient (Wildman–Crippen LogP) is 3.58. The third-order valence-electron chi connectivity index (χ3n) is 7.22. The average molecular weight is 377 g/mol. The number of phenolic OH excluding ortho intramolecular Hbond substituents is 1. The van der Waals surface area contributed by atoms with Crippen molar-refractivity contribution in [1.82, 2.24) is 5.32 Å². The molecule has 3 aliphatic rings. The molecule has 1 heterocycles. The van der Waals surface area contributed by atoms with Gasteiger partial charge in [0.1, 0.15) is 5.75 Å². The molecular weight excluding hydrogens is 350 g/mol. The Bertz CT molecular complexity index is 937. The van der Waals surface area contributed by atoms with Gasteiger partial charge in [-0.1, -0.05) is 25.0 Å². The highest BCUT2D eigenvalue weighted by Gasteiger charge is 2.51. The van der Waals surface area contributed by atoms with Crippen LogP contribution in [0.4, 0.5) is 11.4 Å². The number of hydrogen-bond donors (Lipinski definition) is 4. The Labute approximate surface area is 165 Å². The number of primary amides is 1. The molecule has 1 saturated carbocycles. The summed E-state index contributed by atoms with van der Waals surface area (Å²) in [6.07, 6.45) is 7.24. The SMILES string of the molecule is NC(=O)c1ccccc1Nc1cc2c(cc1O)[C@]13CCCC[C@@H]1[C@H](C2)NCC3. The highest BCUT2D eigenvalue weighted by Crippen LogP contribution is 2.55. The fraction of sp³-hybridized carbons (Fsp3) is 0.435. The van der Waals surface area contributed by atoms with E-state index in [-0.39, 0.29) is 11.2 Å². The number of piperidine rings is 1. The van der Waals surface area contributed by atoms with E-state index in [9.17, 15) is 9.90 Å². The van der Waals surface area contributed by atoms with Gasteiger partial charge in [-0.25, -0.2) is 0 Å². The largest absolute Gasteiger partial charge is 0.506 e. The first-order valence-corrected chi connectivity index (χ1v) is 10.3. The van der Waals surface area contributed by atoms with E-state index in [1.165, 1.54) is 36.8 Å². The number of amides is 1. The summed E-state index contributed by atoms with van der Waals surface area (Å²) < 4.78 is 0. The first-order valence-electron chi connectivity index (χ1n) is 10.3. The van der Waals surface area contributed by atoms with Crippen LogP contribution in [0, 0.1) is 5.92 Å². The number of carbonyl (C=O) groups is 1. The van der Waals surface area contributed by atoms with Crippen LogP contribution in [0.1, 0.15) is 53.6 Å². The lowest BCUT2D eigenvalue weighted by Crippen LogP contribution is -2.59. The maximum Gasteiger partial charge on any atom is 0.250 e. The summed E-state index contributed by atoms with van der Waals surface area (Å²) in [4.78, 5) is 11.7. The number of carbonyl (C=O) groups excluding carboxylic acids is 1. The lowest BCUT2D eigenvalue weighted by atomic mass is 9.53. The molecule has 3 atom stereocenters. The molecule has 2 aromatic carbocycles. The van der Waals surface area contributed by atoms with E-state index in [2.05, 4.69) is 16.7 Å². The Balaban J connectivity index is 1.56. The number of benzene rings is 2. The number of aromatic hydroxyl groups is 1. The molecule has 2 aliphatic carbocycles. The highest BCUT2D eigenvalue weighted by atomic mass is 16.3. The number of rotatable bonds is 3. The Morgan fingerprint density at radius 1 is 1.18 bits per heavy atom. The second-order valence-electron chi connectivity index (χ2n) is 8.58. The van der Waals surface area contributed by atoms with Gasteiger partial charge in [-0.15, -0.1) is 0 Å². The van der Waals surface area contributed by atoms with Crippen LogP contribution in [-0.4, -0.2) is 23.6 Å². The van der Waals surface area contributed by atoms with Gasteiger partial charge in [0.25, 0.3) is 5.91 Å². The summed E-state index contributed by atoms with van der Waals surface area (Å²) in [6.45, 7) is 1.06. The topological polar surface area (TPSA) is 87.4 Å². The molecule has 1 saturated heterocycles. The van der Waals surface area contributed by atoms with Crippen LogP contribution in [-0.2, 0) is 11.8 Å². The number of hydrogen-bond acceptors (Lipinski definition) is 4. The van der Waals surface area contributed by atoms with Gasteiger partial charge in [-0.05, 0) is 73.5 Å². The second-order valence-corrected chi connectivity index (χ2v) is 8.58. The van der Waals surface area contributed by atoms with E-state index < -0.39 is 5.91 Å². The Hall–Kier alpha value is -2.53. The number of anilines is 2. The molecule has 0 aromatic heterocycles. The Kier molecular flexibility index (Phi) is 4.09. The first-order chi connectivity index (χ1) is 13.6. The van der Waals surface area contributed by atoms with Gasteiger partial charge in [0.05, 0.1) is 16.9 Å². The molecule has 2 fully saturated rings. The first kappa shape index (κ1) is 17.6. The smallest absolute Gasteiger partial charge is 0.250 e. The number of phenols is 1. The van der Waals surface area contributed by atoms with Crippen molar-refractivity contribution in [3.63, 3.8) is 0 Å². The molecule has 0 unspecified atom stereocenters. The van der Waals surface area contributed by atoms with E-state index in [4.69, 9.17) is 5.73 Å². The normalized spacial score (nSPS) is 28.1. The predicted molar refractivity (Wildman–Crippen MR) is 110 cm³/mol. The minimum atomic E-state index is -0.483. The number of para-hydroxylation sites is 1. The van der Waals surface area contributed by atoms with Gasteiger partial charge in [-0.2, -0.15) is 0 Å². The maximum atomic E-state index is 11.7. The summed E-state index contributed by atoms with van der Waals surface area (Å²) >= 11 is 0. The third kappa shape index (κ3) is 2.60. The van der Waals surface area contributed by atoms with Crippen molar-refractivity contribution in [2.75, 3.05) is 11.9 Å². The number of fused-ring (bicyclic) bond motifs is 1. The highest BCUT2D eigenvalue weighted by molar-refractivity contribution is 5.99. The molecule has 5 nitrogen and oxygen atoms in total. The fourth-order valence-corrected chi connectivity index (χ4v) is 6.02. The molecule has 146 valence electrons. The van der Waals surface area contributed by atoms with E-state index in [0.29, 0.717) is 28.9 Å². The van der Waals surface area contributed by atoms with Gasteiger partial charge in [-0.3, -0.25) is 4.79 Å². The zero-order valence-electron chi connectivity index (χ0n) is 16.0. The monoisotopic (exact) mass is 377 g/mol. The Morgan fingerprint density at radius 3 is 2.89 bits per heavy atom. The molecule has 2 bridgehead atoms. The van der Waals surface area contributed by atoms with Crippen LogP contribution in [0.25, 0.3) is 0 Å². The van der Waals surface area contributed by atoms with E-state index in [1.807, 2.05) is 18.2 Å². The zero-order chi connectivity index (χ0) is 19.3. The van der Waals surface area contributed by atoms with Crippen molar-refractivity contribution in [3.8, 4) is 5.75 Å². The van der Waals surface area contributed by atoms with Crippen molar-refractivity contribution in [2.45, 2.75) is 50.0 Å². The fourth-order valence-electron chi connectivity index (χ4n) is 6.02. The maximum absolute atomic E-state index is 11.7. The van der Waals surface area contributed by atoms with Crippen LogP contribution in [0.5, 0.6) is 5.75 Å².